The van der Waals surface area contributed by atoms with Gasteiger partial charge in [-0.3, -0.25) is 0 Å². The summed E-state index contributed by atoms with van der Waals surface area (Å²) in [7, 11) is -3.57. The van der Waals surface area contributed by atoms with Crippen molar-refractivity contribution >= 4 is 38.1 Å². The molecule has 0 spiro atoms. The number of oxime groups is 1. The van der Waals surface area contributed by atoms with Gasteiger partial charge in [-0.05, 0) is 31.5 Å². The van der Waals surface area contributed by atoms with Gasteiger partial charge in [0.1, 0.15) is 5.75 Å². The molecule has 1 aliphatic rings. The maximum Gasteiger partial charge on any atom is 0.199 e. The molecule has 1 heterocycles. The van der Waals surface area contributed by atoms with Crippen molar-refractivity contribution in [2.24, 2.45) is 5.16 Å². The van der Waals surface area contributed by atoms with Crippen LogP contribution in [-0.2, 0) is 20.4 Å². The highest BCUT2D eigenvalue weighted by atomic mass is 35.5. The zero-order valence-electron chi connectivity index (χ0n) is 12.3. The first-order valence-electron chi connectivity index (χ1n) is 6.74. The fourth-order valence-corrected chi connectivity index (χ4v) is 3.77. The van der Waals surface area contributed by atoms with Gasteiger partial charge in [0, 0.05) is 6.42 Å². The van der Waals surface area contributed by atoms with Crippen LogP contribution in [0.25, 0.3) is 0 Å². The molecule has 1 unspecified atom stereocenters. The van der Waals surface area contributed by atoms with Crippen molar-refractivity contribution in [3.63, 3.8) is 0 Å². The number of benzene rings is 1. The van der Waals surface area contributed by atoms with Crippen molar-refractivity contribution in [1.82, 2.24) is 0 Å². The van der Waals surface area contributed by atoms with Gasteiger partial charge in [-0.25, -0.2) is 8.42 Å². The smallest absolute Gasteiger partial charge is 0.199 e. The first-order chi connectivity index (χ1) is 10.3. The second kappa shape index (κ2) is 6.64. The number of sulfone groups is 1. The Labute approximate surface area is 140 Å². The van der Waals surface area contributed by atoms with Gasteiger partial charge in [-0.2, -0.15) is 0 Å². The number of hydrogen-bond donors (Lipinski definition) is 0. The van der Waals surface area contributed by atoms with E-state index in [1.165, 1.54) is 0 Å². The fourth-order valence-electron chi connectivity index (χ4n) is 1.99. The second-order valence-corrected chi connectivity index (χ2v) is 7.96. The molecule has 0 N–H and O–H groups in total. The maximum absolute atomic E-state index is 12.4. The number of ether oxygens (including phenoxy) is 1. The molecule has 0 radical (unpaired) electrons. The number of halogens is 2. The number of nitrogens with zero attached hydrogens (tertiary/aromatic N) is 1. The van der Waals surface area contributed by atoms with Gasteiger partial charge < -0.3 is 9.57 Å². The standard InChI is InChI=1S/C14H17Cl2NO4S/c1-3-20-12-6-10(4-5-11(12)16)8-22(18,19)13-7-14(2,9-15)21-17-13/h4-6H,3,7-9H2,1-2H3. The van der Waals surface area contributed by atoms with E-state index in [-0.39, 0.29) is 23.1 Å². The first-order valence-corrected chi connectivity index (χ1v) is 9.31. The lowest BCUT2D eigenvalue weighted by atomic mass is 10.1. The Kier molecular flexibility index (Phi) is 5.25. The molecule has 0 aromatic heterocycles. The Balaban J connectivity index is 2.18. The molecule has 1 aromatic carbocycles. The molecular weight excluding hydrogens is 349 g/mol. The molecule has 1 atom stereocenters. The van der Waals surface area contributed by atoms with Gasteiger partial charge >= 0.3 is 0 Å². The quantitative estimate of drug-likeness (QED) is 0.750. The van der Waals surface area contributed by atoms with E-state index in [4.69, 9.17) is 32.8 Å². The molecular formula is C14H17Cl2NO4S. The number of alkyl halides is 1. The molecule has 0 fully saturated rings. The minimum atomic E-state index is -3.57. The topological polar surface area (TPSA) is 65.0 Å². The van der Waals surface area contributed by atoms with Crippen LogP contribution in [0.1, 0.15) is 25.8 Å². The van der Waals surface area contributed by atoms with Crippen LogP contribution >= 0.6 is 23.2 Å². The maximum atomic E-state index is 12.4. The van der Waals surface area contributed by atoms with Crippen molar-refractivity contribution in [3.05, 3.63) is 28.8 Å². The Morgan fingerprint density at radius 1 is 1.45 bits per heavy atom. The van der Waals surface area contributed by atoms with Crippen LogP contribution in [-0.4, -0.2) is 31.5 Å². The Morgan fingerprint density at radius 2 is 2.18 bits per heavy atom. The van der Waals surface area contributed by atoms with Crippen LogP contribution in [0.15, 0.2) is 23.4 Å². The zero-order valence-corrected chi connectivity index (χ0v) is 14.6. The second-order valence-electron chi connectivity index (χ2n) is 5.29. The van der Waals surface area contributed by atoms with Gasteiger partial charge in [-0.15, -0.1) is 11.6 Å². The highest BCUT2D eigenvalue weighted by molar-refractivity contribution is 8.05. The lowest BCUT2D eigenvalue weighted by Crippen LogP contribution is -2.28. The number of hydrogen-bond acceptors (Lipinski definition) is 5. The van der Waals surface area contributed by atoms with Crippen LogP contribution in [0.3, 0.4) is 0 Å². The van der Waals surface area contributed by atoms with Gasteiger partial charge in [0.2, 0.25) is 0 Å². The summed E-state index contributed by atoms with van der Waals surface area (Å²) in [6.07, 6.45) is 0.171. The average Bonchev–Trinajstić information content (AvgIpc) is 2.87. The predicted molar refractivity (Wildman–Crippen MR) is 87.5 cm³/mol. The van der Waals surface area contributed by atoms with Crippen molar-refractivity contribution in [1.29, 1.82) is 0 Å². The van der Waals surface area contributed by atoms with Gasteiger partial charge in [-0.1, -0.05) is 22.8 Å². The largest absolute Gasteiger partial charge is 0.492 e. The first kappa shape index (κ1) is 17.4. The normalized spacial score (nSPS) is 21.4. The molecule has 2 rings (SSSR count). The van der Waals surface area contributed by atoms with E-state index in [0.717, 1.165) is 0 Å². The molecule has 0 amide bonds. The highest BCUT2D eigenvalue weighted by Crippen LogP contribution is 2.30. The summed E-state index contributed by atoms with van der Waals surface area (Å²) >= 11 is 11.8. The predicted octanol–water partition coefficient (Wildman–Crippen LogP) is 3.38. The van der Waals surface area contributed by atoms with Gasteiger partial charge in [0.05, 0.1) is 23.3 Å². The van der Waals surface area contributed by atoms with Crippen LogP contribution in [0.2, 0.25) is 5.02 Å². The van der Waals surface area contributed by atoms with Crippen molar-refractivity contribution in [3.8, 4) is 5.75 Å². The molecule has 122 valence electrons. The Bertz CT molecular complexity index is 690. The molecule has 1 aliphatic heterocycles. The van der Waals surface area contributed by atoms with E-state index < -0.39 is 15.4 Å². The van der Waals surface area contributed by atoms with E-state index >= 15 is 0 Å². The Morgan fingerprint density at radius 3 is 2.77 bits per heavy atom. The minimum Gasteiger partial charge on any atom is -0.492 e. The molecule has 0 aliphatic carbocycles. The summed E-state index contributed by atoms with van der Waals surface area (Å²) < 4.78 is 30.2. The van der Waals surface area contributed by atoms with E-state index in [9.17, 15) is 8.42 Å². The van der Waals surface area contributed by atoms with Gasteiger partial charge in [0.25, 0.3) is 0 Å². The Hall–Kier alpha value is -0.980. The van der Waals surface area contributed by atoms with E-state index in [1.54, 1.807) is 25.1 Å². The lowest BCUT2D eigenvalue weighted by molar-refractivity contribution is 0.0152. The third-order valence-corrected chi connectivity index (χ3v) is 5.71. The SMILES string of the molecule is CCOc1cc(CS(=O)(=O)C2=NOC(C)(CCl)C2)ccc1Cl. The lowest BCUT2D eigenvalue weighted by Gasteiger charge is -2.16. The average molecular weight is 366 g/mol. The molecule has 5 nitrogen and oxygen atoms in total. The van der Waals surface area contributed by atoms with E-state index in [1.807, 2.05) is 6.92 Å². The number of rotatable bonds is 5. The zero-order chi connectivity index (χ0) is 16.4. The third-order valence-electron chi connectivity index (χ3n) is 3.19. The summed E-state index contributed by atoms with van der Waals surface area (Å²) in [5.74, 6) is 0.447. The van der Waals surface area contributed by atoms with Crippen LogP contribution in [0.4, 0.5) is 0 Å². The van der Waals surface area contributed by atoms with Crippen molar-refractivity contribution < 1.29 is 18.0 Å². The van der Waals surface area contributed by atoms with Crippen LogP contribution in [0, 0.1) is 0 Å². The summed E-state index contributed by atoms with van der Waals surface area (Å²) in [4.78, 5) is 5.14. The monoisotopic (exact) mass is 365 g/mol. The van der Waals surface area contributed by atoms with Crippen LogP contribution < -0.4 is 4.74 Å². The van der Waals surface area contributed by atoms with Gasteiger partial charge in [0.15, 0.2) is 20.5 Å². The summed E-state index contributed by atoms with van der Waals surface area (Å²) in [6, 6.07) is 4.90. The van der Waals surface area contributed by atoms with Crippen LogP contribution in [0.5, 0.6) is 5.75 Å². The minimum absolute atomic E-state index is 0.0172. The molecule has 1 aromatic rings. The summed E-state index contributed by atoms with van der Waals surface area (Å²) in [6.45, 7) is 4.00. The molecule has 0 saturated carbocycles. The summed E-state index contributed by atoms with van der Waals surface area (Å²) in [5, 5.41) is 4.15. The van der Waals surface area contributed by atoms with E-state index in [0.29, 0.717) is 22.9 Å². The molecule has 22 heavy (non-hydrogen) atoms. The van der Waals surface area contributed by atoms with Crippen molar-refractivity contribution in [2.45, 2.75) is 31.6 Å². The fraction of sp³-hybridized carbons (Fsp3) is 0.500. The molecule has 0 saturated heterocycles. The molecule has 0 bridgehead atoms. The van der Waals surface area contributed by atoms with E-state index in [2.05, 4.69) is 5.16 Å². The van der Waals surface area contributed by atoms with Crippen molar-refractivity contribution in [2.75, 3.05) is 12.5 Å². The third kappa shape index (κ3) is 3.86. The highest BCUT2D eigenvalue weighted by Gasteiger charge is 2.39. The molecule has 8 heteroatoms. The summed E-state index contributed by atoms with van der Waals surface area (Å²) in [5.41, 5.74) is -0.185.